The highest BCUT2D eigenvalue weighted by Crippen LogP contribution is 2.30. The van der Waals surface area contributed by atoms with Crippen molar-refractivity contribution in [2.75, 3.05) is 11.7 Å². The van der Waals surface area contributed by atoms with Gasteiger partial charge in [0.05, 0.1) is 10.5 Å². The molecule has 1 aromatic rings. The third-order valence-electron chi connectivity index (χ3n) is 1.61. The topological polar surface area (TPSA) is 24.5 Å². The van der Waals surface area contributed by atoms with E-state index < -0.39 is 0 Å². The minimum Gasteiger partial charge on any atom is -0.271 e. The molecule has 1 atom stereocenters. The molecule has 1 unspecified atom stereocenters. The van der Waals surface area contributed by atoms with E-state index in [1.165, 1.54) is 0 Å². The lowest BCUT2D eigenvalue weighted by molar-refractivity contribution is 0.0937. The maximum atomic E-state index is 5.47. The molecule has 1 aromatic heterocycles. The largest absolute Gasteiger partial charge is 0.271 e. The summed E-state index contributed by atoms with van der Waals surface area (Å²) in [6, 6.07) is 4.06. The summed E-state index contributed by atoms with van der Waals surface area (Å²) >= 11 is 5.07. The Hall–Kier alpha value is -0.100. The summed E-state index contributed by atoms with van der Waals surface area (Å²) < 4.78 is 1.13. The zero-order chi connectivity index (χ0) is 8.55. The Balaban J connectivity index is 2.11. The van der Waals surface area contributed by atoms with Gasteiger partial charge in [0.1, 0.15) is 11.2 Å². The van der Waals surface area contributed by atoms with Crippen molar-refractivity contribution in [3.05, 3.63) is 15.9 Å². The number of hydrogen-bond donors (Lipinski definition) is 1. The van der Waals surface area contributed by atoms with Gasteiger partial charge in [-0.05, 0) is 35.0 Å². The van der Waals surface area contributed by atoms with Crippen molar-refractivity contribution >= 4 is 32.3 Å². The van der Waals surface area contributed by atoms with Crippen molar-refractivity contribution in [3.8, 4) is 0 Å². The van der Waals surface area contributed by atoms with E-state index in [4.69, 9.17) is 4.84 Å². The van der Waals surface area contributed by atoms with Gasteiger partial charge >= 0.3 is 0 Å². The minimum atomic E-state index is 0.117. The predicted molar refractivity (Wildman–Crippen MR) is 53.0 cm³/mol. The molecular weight excluding hydrogens is 240 g/mol. The van der Waals surface area contributed by atoms with Crippen molar-refractivity contribution in [1.29, 1.82) is 0 Å². The number of nitrogens with one attached hydrogen (secondary N) is 1. The SMILES string of the molecule is CC1NCN(c2ccc(Br)s2)O1. The van der Waals surface area contributed by atoms with Crippen LogP contribution in [0.3, 0.4) is 0 Å². The molecule has 1 aliphatic rings. The lowest BCUT2D eigenvalue weighted by Gasteiger charge is -2.12. The highest BCUT2D eigenvalue weighted by atomic mass is 79.9. The van der Waals surface area contributed by atoms with Gasteiger partial charge < -0.3 is 0 Å². The zero-order valence-corrected chi connectivity index (χ0v) is 8.98. The van der Waals surface area contributed by atoms with Crippen molar-refractivity contribution in [2.45, 2.75) is 13.2 Å². The van der Waals surface area contributed by atoms with Crippen LogP contribution in [0.5, 0.6) is 0 Å². The molecule has 3 nitrogen and oxygen atoms in total. The Morgan fingerprint density at radius 1 is 1.75 bits per heavy atom. The minimum absolute atomic E-state index is 0.117. The Morgan fingerprint density at radius 3 is 3.08 bits per heavy atom. The summed E-state index contributed by atoms with van der Waals surface area (Å²) in [4.78, 5) is 5.47. The lowest BCUT2D eigenvalue weighted by atomic mass is 10.6. The maximum absolute atomic E-state index is 5.47. The molecule has 12 heavy (non-hydrogen) atoms. The Kier molecular flexibility index (Phi) is 2.36. The molecule has 2 heterocycles. The van der Waals surface area contributed by atoms with E-state index in [0.717, 1.165) is 15.5 Å². The summed E-state index contributed by atoms with van der Waals surface area (Å²) in [5.74, 6) is 0. The average Bonchev–Trinajstić information content (AvgIpc) is 2.58. The van der Waals surface area contributed by atoms with Gasteiger partial charge in [0, 0.05) is 0 Å². The van der Waals surface area contributed by atoms with Crippen LogP contribution in [0, 0.1) is 0 Å². The van der Waals surface area contributed by atoms with Crippen LogP contribution >= 0.6 is 27.3 Å². The van der Waals surface area contributed by atoms with Crippen LogP contribution < -0.4 is 10.4 Å². The molecule has 0 spiro atoms. The van der Waals surface area contributed by atoms with Crippen molar-refractivity contribution in [2.24, 2.45) is 0 Å². The molecule has 0 radical (unpaired) electrons. The lowest BCUT2D eigenvalue weighted by Crippen LogP contribution is -2.19. The molecule has 0 saturated carbocycles. The first-order valence-electron chi connectivity index (χ1n) is 3.69. The first kappa shape index (κ1) is 8.50. The average molecular weight is 249 g/mol. The third-order valence-corrected chi connectivity index (χ3v) is 3.24. The second-order valence-electron chi connectivity index (χ2n) is 2.57. The molecular formula is C7H9BrN2OS. The number of thiophene rings is 1. The van der Waals surface area contributed by atoms with Crippen molar-refractivity contribution in [3.63, 3.8) is 0 Å². The smallest absolute Gasteiger partial charge is 0.134 e. The number of nitrogens with zero attached hydrogens (tertiary/aromatic N) is 1. The summed E-state index contributed by atoms with van der Waals surface area (Å²) in [6.45, 7) is 2.75. The maximum Gasteiger partial charge on any atom is 0.134 e. The monoisotopic (exact) mass is 248 g/mol. The van der Waals surface area contributed by atoms with Crippen LogP contribution in [-0.2, 0) is 4.84 Å². The van der Waals surface area contributed by atoms with E-state index >= 15 is 0 Å². The van der Waals surface area contributed by atoms with Gasteiger partial charge in [-0.2, -0.15) is 0 Å². The van der Waals surface area contributed by atoms with E-state index in [9.17, 15) is 0 Å². The van der Waals surface area contributed by atoms with Crippen LogP contribution in [0.4, 0.5) is 5.00 Å². The highest BCUT2D eigenvalue weighted by Gasteiger charge is 2.19. The van der Waals surface area contributed by atoms with Gasteiger partial charge in [0.15, 0.2) is 0 Å². The first-order chi connectivity index (χ1) is 5.75. The molecule has 0 bridgehead atoms. The van der Waals surface area contributed by atoms with Gasteiger partial charge in [-0.15, -0.1) is 11.3 Å². The molecule has 66 valence electrons. The van der Waals surface area contributed by atoms with Crippen LogP contribution in [0.15, 0.2) is 15.9 Å². The molecule has 1 saturated heterocycles. The van der Waals surface area contributed by atoms with Gasteiger partial charge in [0.25, 0.3) is 0 Å². The second kappa shape index (κ2) is 3.33. The zero-order valence-electron chi connectivity index (χ0n) is 6.58. The Labute approximate surface area is 83.4 Å². The molecule has 0 aliphatic carbocycles. The second-order valence-corrected chi connectivity index (χ2v) is 5.01. The summed E-state index contributed by atoms with van der Waals surface area (Å²) in [6.07, 6.45) is 0.117. The van der Waals surface area contributed by atoms with Gasteiger partial charge in [0.2, 0.25) is 0 Å². The highest BCUT2D eigenvalue weighted by molar-refractivity contribution is 9.11. The fourth-order valence-electron chi connectivity index (χ4n) is 1.05. The first-order valence-corrected chi connectivity index (χ1v) is 5.30. The van der Waals surface area contributed by atoms with Crippen LogP contribution in [0.1, 0.15) is 6.92 Å². The molecule has 5 heteroatoms. The Morgan fingerprint density at radius 2 is 2.58 bits per heavy atom. The third kappa shape index (κ3) is 1.64. The fraction of sp³-hybridized carbons (Fsp3) is 0.429. The summed E-state index contributed by atoms with van der Waals surface area (Å²) in [7, 11) is 0. The summed E-state index contributed by atoms with van der Waals surface area (Å²) in [5, 5.41) is 6.16. The van der Waals surface area contributed by atoms with Crippen LogP contribution in [-0.4, -0.2) is 12.9 Å². The van der Waals surface area contributed by atoms with Crippen LogP contribution in [0.2, 0.25) is 0 Å². The van der Waals surface area contributed by atoms with Crippen molar-refractivity contribution in [1.82, 2.24) is 5.32 Å². The van der Waals surface area contributed by atoms with E-state index in [1.54, 1.807) is 11.3 Å². The molecule has 0 amide bonds. The van der Waals surface area contributed by atoms with Gasteiger partial charge in [-0.1, -0.05) is 0 Å². The molecule has 1 aliphatic heterocycles. The number of rotatable bonds is 1. The normalized spacial score (nSPS) is 23.5. The van der Waals surface area contributed by atoms with E-state index in [0.29, 0.717) is 0 Å². The summed E-state index contributed by atoms with van der Waals surface area (Å²) in [5.41, 5.74) is 0. The van der Waals surface area contributed by atoms with Crippen LogP contribution in [0.25, 0.3) is 0 Å². The molecule has 0 aromatic carbocycles. The van der Waals surface area contributed by atoms with E-state index in [-0.39, 0.29) is 6.23 Å². The van der Waals surface area contributed by atoms with E-state index in [2.05, 4.69) is 21.2 Å². The fourth-order valence-corrected chi connectivity index (χ4v) is 2.36. The number of halogens is 1. The van der Waals surface area contributed by atoms with Gasteiger partial charge in [-0.3, -0.25) is 10.2 Å². The molecule has 1 fully saturated rings. The predicted octanol–water partition coefficient (Wildman–Crippen LogP) is 2.16. The molecule has 1 N–H and O–H groups in total. The number of anilines is 1. The number of hydrogen-bond acceptors (Lipinski definition) is 4. The van der Waals surface area contributed by atoms with Gasteiger partial charge in [-0.25, -0.2) is 5.06 Å². The van der Waals surface area contributed by atoms with E-state index in [1.807, 2.05) is 24.1 Å². The standard InChI is InChI=1S/C7H9BrN2OS/c1-5-9-4-10(11-5)7-3-2-6(8)12-7/h2-3,5,9H,4H2,1H3. The number of hydroxylamine groups is 1. The van der Waals surface area contributed by atoms with Crippen molar-refractivity contribution < 1.29 is 4.84 Å². The molecule has 2 rings (SSSR count). The quantitative estimate of drug-likeness (QED) is 0.825. The Bertz CT molecular complexity index is 278.